The molecule has 0 saturated carbocycles. The smallest absolute Gasteiger partial charge is 0.335 e. The van der Waals surface area contributed by atoms with E-state index in [0.717, 1.165) is 27.8 Å². The molecule has 0 aliphatic carbocycles. The number of ether oxygens (including phenoxy) is 2. The molecule has 0 spiro atoms. The fourth-order valence-electron chi connectivity index (χ4n) is 4.50. The van der Waals surface area contributed by atoms with Crippen molar-refractivity contribution in [3.63, 3.8) is 0 Å². The molecule has 1 aliphatic rings. The normalized spacial score (nSPS) is 14.7. The van der Waals surface area contributed by atoms with Gasteiger partial charge in [0.25, 0.3) is 11.8 Å². The van der Waals surface area contributed by atoms with E-state index in [4.69, 9.17) is 9.47 Å². The van der Waals surface area contributed by atoms with Crippen LogP contribution in [0.25, 0.3) is 17.0 Å². The summed E-state index contributed by atoms with van der Waals surface area (Å²) < 4.78 is 13.3. The lowest BCUT2D eigenvalue weighted by atomic mass is 10.1. The SMILES string of the molecule is CCc1ccc(N2C(=O)NC(=O)/C(=C/c3cn(CCOc4ccccc4OC)c4ccccc34)C2=O)cc1. The number of aromatic nitrogens is 1. The first kappa shape index (κ1) is 24.8. The average molecular weight is 510 g/mol. The molecule has 0 radical (unpaired) electrons. The van der Waals surface area contributed by atoms with Crippen LogP contribution in [0.15, 0.2) is 84.6 Å². The molecule has 0 unspecified atom stereocenters. The number of fused-ring (bicyclic) bond motifs is 1. The molecule has 0 atom stereocenters. The Morgan fingerprint density at radius 3 is 2.34 bits per heavy atom. The van der Waals surface area contributed by atoms with Crippen LogP contribution in [0.5, 0.6) is 11.5 Å². The highest BCUT2D eigenvalue weighted by molar-refractivity contribution is 6.39. The fourth-order valence-corrected chi connectivity index (χ4v) is 4.50. The molecule has 8 nitrogen and oxygen atoms in total. The number of methoxy groups -OCH3 is 1. The first-order valence-electron chi connectivity index (χ1n) is 12.3. The van der Waals surface area contributed by atoms with Gasteiger partial charge >= 0.3 is 6.03 Å². The lowest BCUT2D eigenvalue weighted by Crippen LogP contribution is -2.54. The van der Waals surface area contributed by atoms with Crippen LogP contribution < -0.4 is 19.7 Å². The zero-order valence-electron chi connectivity index (χ0n) is 21.1. The van der Waals surface area contributed by atoms with Crippen molar-refractivity contribution in [2.75, 3.05) is 18.6 Å². The number of carbonyl (C=O) groups is 3. The van der Waals surface area contributed by atoms with E-state index in [1.807, 2.05) is 78.4 Å². The maximum atomic E-state index is 13.4. The van der Waals surface area contributed by atoms with Gasteiger partial charge < -0.3 is 14.0 Å². The molecule has 5 rings (SSSR count). The second kappa shape index (κ2) is 10.6. The van der Waals surface area contributed by atoms with E-state index >= 15 is 0 Å². The van der Waals surface area contributed by atoms with Crippen molar-refractivity contribution in [2.24, 2.45) is 0 Å². The Labute approximate surface area is 220 Å². The van der Waals surface area contributed by atoms with Crippen molar-refractivity contribution >= 4 is 40.5 Å². The van der Waals surface area contributed by atoms with Crippen molar-refractivity contribution < 1.29 is 23.9 Å². The Hall–Kier alpha value is -4.85. The minimum Gasteiger partial charge on any atom is -0.493 e. The summed E-state index contributed by atoms with van der Waals surface area (Å²) in [6.07, 6.45) is 4.25. The summed E-state index contributed by atoms with van der Waals surface area (Å²) >= 11 is 0. The van der Waals surface area contributed by atoms with Gasteiger partial charge in [-0.2, -0.15) is 0 Å². The van der Waals surface area contributed by atoms with Gasteiger partial charge in [0.2, 0.25) is 0 Å². The van der Waals surface area contributed by atoms with Crippen LogP contribution in [-0.2, 0) is 22.6 Å². The summed E-state index contributed by atoms with van der Waals surface area (Å²) in [5.74, 6) is -0.0901. The maximum Gasteiger partial charge on any atom is 0.335 e. The Morgan fingerprint density at radius 2 is 1.61 bits per heavy atom. The molecule has 8 heteroatoms. The van der Waals surface area contributed by atoms with Crippen molar-refractivity contribution in [2.45, 2.75) is 19.9 Å². The summed E-state index contributed by atoms with van der Waals surface area (Å²) in [7, 11) is 1.60. The van der Waals surface area contributed by atoms with E-state index in [1.165, 1.54) is 6.08 Å². The maximum absolute atomic E-state index is 13.4. The number of para-hydroxylation sites is 3. The number of benzene rings is 3. The number of amides is 4. The molecule has 4 amide bonds. The first-order chi connectivity index (χ1) is 18.5. The van der Waals surface area contributed by atoms with Gasteiger partial charge in [-0.15, -0.1) is 0 Å². The van der Waals surface area contributed by atoms with E-state index in [2.05, 4.69) is 5.32 Å². The van der Waals surface area contributed by atoms with Crippen LogP contribution >= 0.6 is 0 Å². The third-order valence-electron chi connectivity index (χ3n) is 6.48. The zero-order chi connectivity index (χ0) is 26.6. The molecule has 2 heterocycles. The first-order valence-corrected chi connectivity index (χ1v) is 12.3. The van der Waals surface area contributed by atoms with Gasteiger partial charge in [-0.1, -0.05) is 49.4 Å². The van der Waals surface area contributed by atoms with Crippen LogP contribution in [0.1, 0.15) is 18.1 Å². The van der Waals surface area contributed by atoms with Gasteiger partial charge in [0.05, 0.1) is 19.3 Å². The predicted octanol–water partition coefficient (Wildman–Crippen LogP) is 4.96. The van der Waals surface area contributed by atoms with Gasteiger partial charge in [-0.25, -0.2) is 9.69 Å². The van der Waals surface area contributed by atoms with Gasteiger partial charge in [-0.3, -0.25) is 14.9 Å². The van der Waals surface area contributed by atoms with Gasteiger partial charge in [-0.05, 0) is 48.4 Å². The fraction of sp³-hybridized carbons (Fsp3) is 0.167. The van der Waals surface area contributed by atoms with E-state index in [1.54, 1.807) is 19.2 Å². The number of nitrogens with one attached hydrogen (secondary N) is 1. The topological polar surface area (TPSA) is 89.9 Å². The minimum atomic E-state index is -0.766. The Bertz CT molecular complexity index is 1550. The second-order valence-electron chi connectivity index (χ2n) is 8.77. The third kappa shape index (κ3) is 4.76. The Kier molecular flexibility index (Phi) is 6.95. The predicted molar refractivity (Wildman–Crippen MR) is 145 cm³/mol. The van der Waals surface area contributed by atoms with Crippen molar-refractivity contribution in [3.05, 3.63) is 95.7 Å². The number of anilines is 1. The summed E-state index contributed by atoms with van der Waals surface area (Å²) in [5.41, 5.74) is 2.98. The molecule has 0 bridgehead atoms. The number of imide groups is 2. The van der Waals surface area contributed by atoms with Crippen molar-refractivity contribution in [1.82, 2.24) is 9.88 Å². The number of hydrogen-bond acceptors (Lipinski definition) is 5. The number of aryl methyl sites for hydroxylation is 1. The summed E-state index contributed by atoms with van der Waals surface area (Å²) in [4.78, 5) is 39.7. The van der Waals surface area contributed by atoms with E-state index in [0.29, 0.717) is 35.9 Å². The molecule has 1 fully saturated rings. The second-order valence-corrected chi connectivity index (χ2v) is 8.77. The van der Waals surface area contributed by atoms with E-state index in [-0.39, 0.29) is 5.57 Å². The number of barbiturate groups is 1. The van der Waals surface area contributed by atoms with Crippen LogP contribution in [-0.4, -0.2) is 36.1 Å². The van der Waals surface area contributed by atoms with Crippen LogP contribution in [0, 0.1) is 0 Å². The van der Waals surface area contributed by atoms with Crippen molar-refractivity contribution in [1.29, 1.82) is 0 Å². The largest absolute Gasteiger partial charge is 0.493 e. The number of urea groups is 1. The highest BCUT2D eigenvalue weighted by atomic mass is 16.5. The minimum absolute atomic E-state index is 0.114. The standard InChI is InChI=1S/C30H27N3O5/c1-3-20-12-14-22(15-13-20)33-29(35)24(28(34)31-30(33)36)18-21-19-32(25-9-5-4-8-23(21)25)16-17-38-27-11-7-6-10-26(27)37-2/h4-15,18-19H,3,16-17H2,1-2H3,(H,31,34,36)/b24-18-. The molecule has 3 aromatic carbocycles. The lowest BCUT2D eigenvalue weighted by Gasteiger charge is -2.26. The molecule has 4 aromatic rings. The van der Waals surface area contributed by atoms with E-state index < -0.39 is 17.8 Å². The Morgan fingerprint density at radius 1 is 0.895 bits per heavy atom. The van der Waals surface area contributed by atoms with Gasteiger partial charge in [0.1, 0.15) is 12.2 Å². The lowest BCUT2D eigenvalue weighted by molar-refractivity contribution is -0.122. The monoisotopic (exact) mass is 509 g/mol. The van der Waals surface area contributed by atoms with E-state index in [9.17, 15) is 14.4 Å². The number of carbonyl (C=O) groups excluding carboxylic acids is 3. The number of nitrogens with zero attached hydrogens (tertiary/aromatic N) is 2. The zero-order valence-corrected chi connectivity index (χ0v) is 21.1. The molecule has 38 heavy (non-hydrogen) atoms. The highest BCUT2D eigenvalue weighted by Gasteiger charge is 2.37. The van der Waals surface area contributed by atoms with Gasteiger partial charge in [0, 0.05) is 22.7 Å². The molecule has 192 valence electrons. The van der Waals surface area contributed by atoms with Crippen LogP contribution in [0.3, 0.4) is 0 Å². The van der Waals surface area contributed by atoms with Crippen LogP contribution in [0.2, 0.25) is 0 Å². The summed E-state index contributed by atoms with van der Waals surface area (Å²) in [6.45, 7) is 2.93. The van der Waals surface area contributed by atoms with Crippen LogP contribution in [0.4, 0.5) is 10.5 Å². The number of hydrogen-bond donors (Lipinski definition) is 1. The molecule has 1 N–H and O–H groups in total. The molecule has 1 aromatic heterocycles. The highest BCUT2D eigenvalue weighted by Crippen LogP contribution is 2.28. The third-order valence-corrected chi connectivity index (χ3v) is 6.48. The summed E-state index contributed by atoms with van der Waals surface area (Å²) in [5, 5.41) is 3.16. The molecule has 1 saturated heterocycles. The molecular weight excluding hydrogens is 482 g/mol. The number of rotatable bonds is 8. The Balaban J connectivity index is 1.44. The van der Waals surface area contributed by atoms with Gasteiger partial charge in [0.15, 0.2) is 11.5 Å². The van der Waals surface area contributed by atoms with Crippen molar-refractivity contribution in [3.8, 4) is 11.5 Å². The molecule has 1 aliphatic heterocycles. The molecular formula is C30H27N3O5. The summed E-state index contributed by atoms with van der Waals surface area (Å²) in [6, 6.07) is 21.5. The quantitative estimate of drug-likeness (QED) is 0.268. The average Bonchev–Trinajstić information content (AvgIpc) is 3.29.